The monoisotopic (exact) mass is 355 g/mol. The highest BCUT2D eigenvalue weighted by atomic mass is 16.5. The van der Waals surface area contributed by atoms with E-state index in [0.717, 1.165) is 11.3 Å². The third-order valence-electron chi connectivity index (χ3n) is 5.26. The smallest absolute Gasteiger partial charge is 0.203 e. The zero-order valence-corrected chi connectivity index (χ0v) is 16.2. The number of aryl methyl sites for hydroxylation is 2. The predicted molar refractivity (Wildman–Crippen MR) is 104 cm³/mol. The van der Waals surface area contributed by atoms with Gasteiger partial charge in [0.25, 0.3) is 0 Å². The fourth-order valence-electron chi connectivity index (χ4n) is 3.71. The lowest BCUT2D eigenvalue weighted by molar-refractivity contribution is 0.321. The Hall–Kier alpha value is -2.20. The molecule has 0 saturated carbocycles. The fraction of sp³-hybridized carbons (Fsp3) is 0.455. The van der Waals surface area contributed by atoms with E-state index in [2.05, 4.69) is 30.4 Å². The molecule has 0 unspecified atom stereocenters. The van der Waals surface area contributed by atoms with Crippen molar-refractivity contribution in [1.29, 1.82) is 0 Å². The first-order chi connectivity index (χ1) is 12.7. The molecule has 4 heteroatoms. The molecule has 1 aliphatic carbocycles. The van der Waals surface area contributed by atoms with Crippen LogP contribution in [-0.2, 0) is 19.4 Å². The molecule has 0 heterocycles. The molecule has 2 aromatic carbocycles. The van der Waals surface area contributed by atoms with Crippen molar-refractivity contribution in [3.8, 4) is 17.2 Å². The minimum absolute atomic E-state index is 0.264. The number of methoxy groups -OCH3 is 3. The van der Waals surface area contributed by atoms with Gasteiger partial charge < -0.3 is 19.5 Å². The van der Waals surface area contributed by atoms with Crippen LogP contribution in [0.3, 0.4) is 0 Å². The van der Waals surface area contributed by atoms with Crippen LogP contribution in [-0.4, -0.2) is 21.3 Å². The number of fused-ring (bicyclic) bond motifs is 1. The Morgan fingerprint density at radius 3 is 2.31 bits per heavy atom. The molecule has 0 radical (unpaired) electrons. The van der Waals surface area contributed by atoms with Gasteiger partial charge in [-0.3, -0.25) is 0 Å². The lowest BCUT2D eigenvalue weighted by Crippen LogP contribution is -2.19. The van der Waals surface area contributed by atoms with Gasteiger partial charge in [-0.25, -0.2) is 0 Å². The molecule has 0 amide bonds. The quantitative estimate of drug-likeness (QED) is 0.797. The van der Waals surface area contributed by atoms with Crippen LogP contribution in [0.5, 0.6) is 17.2 Å². The van der Waals surface area contributed by atoms with Crippen LogP contribution >= 0.6 is 0 Å². The fourth-order valence-corrected chi connectivity index (χ4v) is 3.71. The summed E-state index contributed by atoms with van der Waals surface area (Å²) in [5.74, 6) is 2.03. The van der Waals surface area contributed by atoms with Gasteiger partial charge in [-0.2, -0.15) is 0 Å². The van der Waals surface area contributed by atoms with Gasteiger partial charge in [-0.05, 0) is 55.4 Å². The predicted octanol–water partition coefficient (Wildman–Crippen LogP) is 4.44. The third-order valence-corrected chi connectivity index (χ3v) is 5.26. The van der Waals surface area contributed by atoms with Crippen molar-refractivity contribution in [1.82, 2.24) is 5.32 Å². The van der Waals surface area contributed by atoms with Crippen LogP contribution in [0.25, 0.3) is 0 Å². The van der Waals surface area contributed by atoms with Crippen molar-refractivity contribution in [2.75, 3.05) is 21.3 Å². The molecule has 1 atom stereocenters. The van der Waals surface area contributed by atoms with Gasteiger partial charge in [0.05, 0.1) is 21.3 Å². The Morgan fingerprint density at radius 1 is 0.885 bits per heavy atom. The van der Waals surface area contributed by atoms with Gasteiger partial charge in [0.1, 0.15) is 0 Å². The second kappa shape index (κ2) is 8.45. The highest BCUT2D eigenvalue weighted by Crippen LogP contribution is 2.39. The van der Waals surface area contributed by atoms with Crippen molar-refractivity contribution in [3.63, 3.8) is 0 Å². The van der Waals surface area contributed by atoms with E-state index in [1.54, 1.807) is 21.3 Å². The van der Waals surface area contributed by atoms with Crippen LogP contribution in [0.15, 0.2) is 30.3 Å². The lowest BCUT2D eigenvalue weighted by atomic mass is 9.89. The molecule has 140 valence electrons. The van der Waals surface area contributed by atoms with E-state index in [-0.39, 0.29) is 6.04 Å². The number of hydrogen-bond acceptors (Lipinski definition) is 4. The first-order valence-corrected chi connectivity index (χ1v) is 9.30. The molecule has 26 heavy (non-hydrogen) atoms. The zero-order chi connectivity index (χ0) is 18.5. The average Bonchev–Trinajstić information content (AvgIpc) is 2.70. The standard InChI is InChI=1S/C22H29NO3/c1-15(17-10-9-16-7-5-6-8-18(16)13-17)23-14-19-11-12-20(24-2)22(26-4)21(19)25-3/h9-13,15,23H,5-8,14H2,1-4H3/t15-/m0/s1. The summed E-state index contributed by atoms with van der Waals surface area (Å²) in [5, 5.41) is 3.61. The van der Waals surface area contributed by atoms with Gasteiger partial charge >= 0.3 is 0 Å². The maximum atomic E-state index is 5.58. The third kappa shape index (κ3) is 3.80. The molecule has 0 aliphatic heterocycles. The van der Waals surface area contributed by atoms with Crippen LogP contribution in [0.4, 0.5) is 0 Å². The van der Waals surface area contributed by atoms with Crippen LogP contribution in [0.2, 0.25) is 0 Å². The molecule has 4 nitrogen and oxygen atoms in total. The molecule has 0 spiro atoms. The van der Waals surface area contributed by atoms with E-state index in [1.807, 2.05) is 12.1 Å². The molecular weight excluding hydrogens is 326 g/mol. The number of nitrogens with one attached hydrogen (secondary N) is 1. The summed E-state index contributed by atoms with van der Waals surface area (Å²) in [6.07, 6.45) is 5.06. The first kappa shape index (κ1) is 18.6. The minimum Gasteiger partial charge on any atom is -0.493 e. The van der Waals surface area contributed by atoms with Gasteiger partial charge in [0.15, 0.2) is 11.5 Å². The topological polar surface area (TPSA) is 39.7 Å². The molecule has 0 fully saturated rings. The van der Waals surface area contributed by atoms with E-state index >= 15 is 0 Å². The minimum atomic E-state index is 0.264. The summed E-state index contributed by atoms with van der Waals surface area (Å²) < 4.78 is 16.4. The normalized spacial score (nSPS) is 14.5. The van der Waals surface area contributed by atoms with E-state index in [4.69, 9.17) is 14.2 Å². The Kier molecular flexibility index (Phi) is 6.04. The van der Waals surface area contributed by atoms with Crippen LogP contribution < -0.4 is 19.5 Å². The summed E-state index contributed by atoms with van der Waals surface area (Å²) >= 11 is 0. The summed E-state index contributed by atoms with van der Waals surface area (Å²) in [5.41, 5.74) is 5.43. The van der Waals surface area contributed by atoms with Crippen molar-refractivity contribution in [3.05, 3.63) is 52.6 Å². The molecule has 3 rings (SSSR count). The second-order valence-electron chi connectivity index (χ2n) is 6.83. The summed E-state index contributed by atoms with van der Waals surface area (Å²) in [6, 6.07) is 11.1. The van der Waals surface area contributed by atoms with Crippen molar-refractivity contribution in [2.24, 2.45) is 0 Å². The molecule has 1 N–H and O–H groups in total. The van der Waals surface area contributed by atoms with E-state index < -0.39 is 0 Å². The highest BCUT2D eigenvalue weighted by Gasteiger charge is 2.17. The van der Waals surface area contributed by atoms with Crippen LogP contribution in [0.1, 0.15) is 48.1 Å². The Morgan fingerprint density at radius 2 is 1.62 bits per heavy atom. The van der Waals surface area contributed by atoms with Crippen molar-refractivity contribution in [2.45, 2.75) is 45.2 Å². The summed E-state index contributed by atoms with van der Waals surface area (Å²) in [7, 11) is 4.93. The molecular formula is C22H29NO3. The summed E-state index contributed by atoms with van der Waals surface area (Å²) in [4.78, 5) is 0. The summed E-state index contributed by atoms with van der Waals surface area (Å²) in [6.45, 7) is 2.90. The molecule has 0 aromatic heterocycles. The zero-order valence-electron chi connectivity index (χ0n) is 16.2. The number of ether oxygens (including phenoxy) is 3. The highest BCUT2D eigenvalue weighted by molar-refractivity contribution is 5.55. The van der Waals surface area contributed by atoms with Crippen molar-refractivity contribution < 1.29 is 14.2 Å². The van der Waals surface area contributed by atoms with E-state index in [1.165, 1.54) is 42.4 Å². The molecule has 0 bridgehead atoms. The maximum Gasteiger partial charge on any atom is 0.203 e. The second-order valence-corrected chi connectivity index (χ2v) is 6.83. The van der Waals surface area contributed by atoms with Gasteiger partial charge in [-0.15, -0.1) is 0 Å². The van der Waals surface area contributed by atoms with Gasteiger partial charge in [0.2, 0.25) is 5.75 Å². The lowest BCUT2D eigenvalue weighted by Gasteiger charge is -2.21. The average molecular weight is 355 g/mol. The van der Waals surface area contributed by atoms with Crippen molar-refractivity contribution >= 4 is 0 Å². The van der Waals surface area contributed by atoms with Crippen LogP contribution in [0, 0.1) is 0 Å². The molecule has 2 aromatic rings. The van der Waals surface area contributed by atoms with E-state index in [9.17, 15) is 0 Å². The van der Waals surface area contributed by atoms with E-state index in [0.29, 0.717) is 18.0 Å². The molecule has 0 saturated heterocycles. The number of hydrogen-bond donors (Lipinski definition) is 1. The maximum absolute atomic E-state index is 5.58. The first-order valence-electron chi connectivity index (χ1n) is 9.30. The van der Waals surface area contributed by atoms with Gasteiger partial charge in [-0.1, -0.05) is 24.3 Å². The largest absolute Gasteiger partial charge is 0.493 e. The molecule has 1 aliphatic rings. The van der Waals surface area contributed by atoms with Gasteiger partial charge in [0, 0.05) is 18.2 Å². The Balaban J connectivity index is 1.74. The Bertz CT molecular complexity index is 757. The number of benzene rings is 2. The SMILES string of the molecule is COc1ccc(CN[C@@H](C)c2ccc3c(c2)CCCC3)c(OC)c1OC. The Labute approximate surface area is 156 Å². The number of rotatable bonds is 7.